The monoisotopic (exact) mass is 419 g/mol. The Morgan fingerprint density at radius 3 is 2.13 bits per heavy atom. The number of carboxylic acids is 2. The smallest absolute Gasteiger partial charge is 0.414 e. The lowest BCUT2D eigenvalue weighted by molar-refractivity contribution is -0.159. The van der Waals surface area contributed by atoms with E-state index in [1.165, 1.54) is 11.6 Å². The average Bonchev–Trinajstić information content (AvgIpc) is 2.69. The number of amides is 1. The first-order chi connectivity index (χ1) is 14.1. The molecule has 0 aliphatic rings. The van der Waals surface area contributed by atoms with E-state index in [1.54, 1.807) is 19.1 Å². The maximum atomic E-state index is 13.5. The van der Waals surface area contributed by atoms with Crippen LogP contribution >= 0.6 is 0 Å². The van der Waals surface area contributed by atoms with Crippen molar-refractivity contribution in [2.24, 2.45) is 0 Å². The highest BCUT2D eigenvalue weighted by Crippen LogP contribution is 2.16. The van der Waals surface area contributed by atoms with Crippen molar-refractivity contribution in [1.29, 1.82) is 0 Å². The number of likely N-dealkylation sites (N-methyl/N-ethyl adjacent to an activating group) is 1. The number of hydrogen-bond donors (Lipinski definition) is 4. The Morgan fingerprint density at radius 2 is 1.63 bits per heavy atom. The van der Waals surface area contributed by atoms with Crippen LogP contribution in [0.25, 0.3) is 0 Å². The van der Waals surface area contributed by atoms with Crippen LogP contribution in [0.15, 0.2) is 48.5 Å². The number of carboxylic acid groups (broad SMARTS) is 2. The van der Waals surface area contributed by atoms with Crippen LogP contribution in [0.3, 0.4) is 0 Å². The SMILES string of the molecule is Cc1ccc(NC(=O)CNCC(c2ccccc2)N(C)C)cc1F.O=C(O)C(=O)O. The summed E-state index contributed by atoms with van der Waals surface area (Å²) in [6.07, 6.45) is 0. The zero-order valence-electron chi connectivity index (χ0n) is 17.1. The number of nitrogens with one attached hydrogen (secondary N) is 2. The first kappa shape index (κ1) is 24.7. The van der Waals surface area contributed by atoms with Gasteiger partial charge in [-0.15, -0.1) is 0 Å². The Morgan fingerprint density at radius 1 is 1.03 bits per heavy atom. The average molecular weight is 419 g/mol. The molecule has 0 aliphatic heterocycles. The molecule has 2 aromatic rings. The molecule has 0 fully saturated rings. The third-order valence-electron chi connectivity index (χ3n) is 4.07. The maximum Gasteiger partial charge on any atom is 0.414 e. The lowest BCUT2D eigenvalue weighted by atomic mass is 10.1. The number of carbonyl (C=O) groups is 3. The number of halogens is 1. The van der Waals surface area contributed by atoms with E-state index in [9.17, 15) is 9.18 Å². The maximum absolute atomic E-state index is 13.5. The predicted molar refractivity (Wildman–Crippen MR) is 111 cm³/mol. The molecule has 2 rings (SSSR count). The van der Waals surface area contributed by atoms with Crippen molar-refractivity contribution >= 4 is 23.5 Å². The van der Waals surface area contributed by atoms with E-state index >= 15 is 0 Å². The molecule has 1 atom stereocenters. The number of benzene rings is 2. The fraction of sp³-hybridized carbons (Fsp3) is 0.286. The van der Waals surface area contributed by atoms with Gasteiger partial charge >= 0.3 is 11.9 Å². The van der Waals surface area contributed by atoms with Gasteiger partial charge in [-0.2, -0.15) is 0 Å². The van der Waals surface area contributed by atoms with Gasteiger partial charge in [-0.05, 0) is 44.3 Å². The largest absolute Gasteiger partial charge is 0.473 e. The van der Waals surface area contributed by atoms with Gasteiger partial charge in [-0.3, -0.25) is 4.79 Å². The molecule has 4 N–H and O–H groups in total. The van der Waals surface area contributed by atoms with Crippen LogP contribution in [0.5, 0.6) is 0 Å². The minimum atomic E-state index is -1.82. The molecule has 0 aliphatic carbocycles. The molecule has 9 heteroatoms. The number of aryl methyl sites for hydroxylation is 1. The van der Waals surface area contributed by atoms with Gasteiger partial charge in [0.1, 0.15) is 5.82 Å². The fourth-order valence-electron chi connectivity index (χ4n) is 2.47. The minimum absolute atomic E-state index is 0.173. The van der Waals surface area contributed by atoms with Gasteiger partial charge in [-0.1, -0.05) is 36.4 Å². The number of carbonyl (C=O) groups excluding carboxylic acids is 1. The molecule has 0 aromatic heterocycles. The van der Waals surface area contributed by atoms with Crippen molar-refractivity contribution in [2.75, 3.05) is 32.5 Å². The Bertz CT molecular complexity index is 847. The van der Waals surface area contributed by atoms with E-state index < -0.39 is 11.9 Å². The zero-order valence-corrected chi connectivity index (χ0v) is 17.1. The summed E-state index contributed by atoms with van der Waals surface area (Å²) in [7, 11) is 4.02. The molecule has 0 spiro atoms. The summed E-state index contributed by atoms with van der Waals surface area (Å²) in [4.78, 5) is 32.3. The predicted octanol–water partition coefficient (Wildman–Crippen LogP) is 2.12. The lowest BCUT2D eigenvalue weighted by Crippen LogP contribution is -2.35. The molecular formula is C21H26FN3O5. The van der Waals surface area contributed by atoms with Crippen LogP contribution in [-0.2, 0) is 14.4 Å². The molecule has 0 heterocycles. The summed E-state index contributed by atoms with van der Waals surface area (Å²) in [5, 5.41) is 20.6. The number of anilines is 1. The second-order valence-corrected chi connectivity index (χ2v) is 6.64. The summed E-state index contributed by atoms with van der Waals surface area (Å²) in [6, 6.07) is 15.0. The van der Waals surface area contributed by atoms with Crippen LogP contribution in [0.4, 0.5) is 10.1 Å². The number of rotatable bonds is 7. The molecule has 8 nitrogen and oxygen atoms in total. The van der Waals surface area contributed by atoms with E-state index in [-0.39, 0.29) is 24.3 Å². The van der Waals surface area contributed by atoms with E-state index in [4.69, 9.17) is 19.8 Å². The van der Waals surface area contributed by atoms with Gasteiger partial charge in [0.25, 0.3) is 0 Å². The number of nitrogens with zero attached hydrogens (tertiary/aromatic N) is 1. The molecule has 0 radical (unpaired) electrons. The summed E-state index contributed by atoms with van der Waals surface area (Å²) in [5.41, 5.74) is 2.22. The minimum Gasteiger partial charge on any atom is -0.473 e. The van der Waals surface area contributed by atoms with E-state index in [2.05, 4.69) is 27.7 Å². The normalized spacial score (nSPS) is 11.2. The van der Waals surface area contributed by atoms with Crippen molar-refractivity contribution in [1.82, 2.24) is 10.2 Å². The van der Waals surface area contributed by atoms with Crippen LogP contribution in [-0.4, -0.2) is 60.1 Å². The van der Waals surface area contributed by atoms with E-state index in [1.807, 2.05) is 32.3 Å². The highest BCUT2D eigenvalue weighted by atomic mass is 19.1. The van der Waals surface area contributed by atoms with Gasteiger partial charge in [0.05, 0.1) is 6.54 Å². The van der Waals surface area contributed by atoms with Crippen molar-refractivity contribution in [3.05, 3.63) is 65.5 Å². The third-order valence-corrected chi connectivity index (χ3v) is 4.07. The van der Waals surface area contributed by atoms with Gasteiger partial charge < -0.3 is 25.7 Å². The van der Waals surface area contributed by atoms with E-state index in [0.29, 0.717) is 17.8 Å². The second-order valence-electron chi connectivity index (χ2n) is 6.64. The number of aliphatic carboxylic acids is 2. The highest BCUT2D eigenvalue weighted by molar-refractivity contribution is 6.27. The van der Waals surface area contributed by atoms with Crippen LogP contribution < -0.4 is 10.6 Å². The van der Waals surface area contributed by atoms with Crippen molar-refractivity contribution in [3.63, 3.8) is 0 Å². The molecule has 0 saturated carbocycles. The first-order valence-corrected chi connectivity index (χ1v) is 9.06. The number of hydrogen-bond acceptors (Lipinski definition) is 5. The molecule has 162 valence electrons. The Balaban J connectivity index is 0.000000656. The molecule has 0 bridgehead atoms. The van der Waals surface area contributed by atoms with Crippen molar-refractivity contribution in [2.45, 2.75) is 13.0 Å². The standard InChI is InChI=1S/C19H24FN3O.C2H2O4/c1-14-9-10-16(11-17(14)20)22-19(24)13-21-12-18(23(2)3)15-7-5-4-6-8-15;3-1(4)2(5)6/h4-11,18,21H,12-13H2,1-3H3,(H,22,24);(H,3,4)(H,5,6). The van der Waals surface area contributed by atoms with Crippen LogP contribution in [0, 0.1) is 12.7 Å². The van der Waals surface area contributed by atoms with Crippen molar-refractivity contribution in [3.8, 4) is 0 Å². The highest BCUT2D eigenvalue weighted by Gasteiger charge is 2.14. The molecule has 1 unspecified atom stereocenters. The lowest BCUT2D eigenvalue weighted by Gasteiger charge is -2.25. The second kappa shape index (κ2) is 12.3. The fourth-order valence-corrected chi connectivity index (χ4v) is 2.47. The molecule has 2 aromatic carbocycles. The molecule has 30 heavy (non-hydrogen) atoms. The van der Waals surface area contributed by atoms with Gasteiger partial charge in [0.2, 0.25) is 5.91 Å². The summed E-state index contributed by atoms with van der Waals surface area (Å²) in [5.74, 6) is -4.16. The molecule has 1 amide bonds. The topological polar surface area (TPSA) is 119 Å². The Hall–Kier alpha value is -3.30. The zero-order chi connectivity index (χ0) is 22.7. The van der Waals surface area contributed by atoms with Gasteiger partial charge in [-0.25, -0.2) is 14.0 Å². The third kappa shape index (κ3) is 8.80. The molecular weight excluding hydrogens is 393 g/mol. The van der Waals surface area contributed by atoms with Gasteiger partial charge in [0, 0.05) is 18.3 Å². The first-order valence-electron chi connectivity index (χ1n) is 9.06. The summed E-state index contributed by atoms with van der Waals surface area (Å²) < 4.78 is 13.5. The Labute approximate surface area is 174 Å². The summed E-state index contributed by atoms with van der Waals surface area (Å²) in [6.45, 7) is 2.51. The summed E-state index contributed by atoms with van der Waals surface area (Å²) >= 11 is 0. The van der Waals surface area contributed by atoms with Crippen molar-refractivity contribution < 1.29 is 29.0 Å². The van der Waals surface area contributed by atoms with Gasteiger partial charge in [0.15, 0.2) is 0 Å². The Kier molecular flexibility index (Phi) is 10.1. The molecule has 0 saturated heterocycles. The quantitative estimate of drug-likeness (QED) is 0.508. The van der Waals surface area contributed by atoms with E-state index in [0.717, 1.165) is 0 Å². The van der Waals surface area contributed by atoms with Crippen LogP contribution in [0.2, 0.25) is 0 Å². The van der Waals surface area contributed by atoms with Crippen LogP contribution in [0.1, 0.15) is 17.2 Å².